The predicted octanol–water partition coefficient (Wildman–Crippen LogP) is 2.15. The van der Waals surface area contributed by atoms with E-state index in [4.69, 9.17) is 0 Å². The van der Waals surface area contributed by atoms with E-state index >= 15 is 0 Å². The van der Waals surface area contributed by atoms with Gasteiger partial charge >= 0.3 is 6.03 Å². The van der Waals surface area contributed by atoms with Crippen LogP contribution in [0.2, 0.25) is 0 Å². The number of aryl methyl sites for hydroxylation is 2. The lowest BCUT2D eigenvalue weighted by molar-refractivity contribution is -0.122. The molecule has 0 heterocycles. The number of alkyl halides is 1. The van der Waals surface area contributed by atoms with Crippen LogP contribution in [0.4, 0.5) is 9.18 Å². The van der Waals surface area contributed by atoms with Crippen molar-refractivity contribution < 1.29 is 14.0 Å². The summed E-state index contributed by atoms with van der Waals surface area (Å²) in [5.74, 6) is -0.391. The number of urea groups is 1. The standard InChI is InChI=1S/C17H24FN3O2/c1-11-6-7-13-4-3-5-15(14(13)10-11)21-17(23)20-12(2)16(22)19-9-8-18/h6-7,10,12,15H,3-5,8-9H2,1-2H3,(H,19,22)(H2,20,21,23)/t12-,15-/m0/s1. The predicted molar refractivity (Wildman–Crippen MR) is 87.0 cm³/mol. The van der Waals surface area contributed by atoms with E-state index in [9.17, 15) is 14.0 Å². The summed E-state index contributed by atoms with van der Waals surface area (Å²) >= 11 is 0. The molecule has 0 radical (unpaired) electrons. The molecule has 0 saturated heterocycles. The molecule has 0 aliphatic heterocycles. The van der Waals surface area contributed by atoms with E-state index in [-0.39, 0.29) is 18.6 Å². The summed E-state index contributed by atoms with van der Waals surface area (Å²) in [5.41, 5.74) is 3.58. The van der Waals surface area contributed by atoms with Gasteiger partial charge in [-0.1, -0.05) is 23.8 Å². The summed E-state index contributed by atoms with van der Waals surface area (Å²) in [6.07, 6.45) is 2.93. The van der Waals surface area contributed by atoms with Crippen LogP contribution in [0.1, 0.15) is 42.5 Å². The molecule has 3 N–H and O–H groups in total. The van der Waals surface area contributed by atoms with E-state index in [1.807, 2.05) is 6.92 Å². The number of halogens is 1. The van der Waals surface area contributed by atoms with Crippen LogP contribution in [-0.2, 0) is 11.2 Å². The van der Waals surface area contributed by atoms with E-state index in [2.05, 4.69) is 34.1 Å². The fourth-order valence-corrected chi connectivity index (χ4v) is 2.85. The first kappa shape index (κ1) is 17.2. The van der Waals surface area contributed by atoms with E-state index in [0.29, 0.717) is 0 Å². The smallest absolute Gasteiger partial charge is 0.315 e. The number of rotatable bonds is 5. The Labute approximate surface area is 136 Å². The lowest BCUT2D eigenvalue weighted by atomic mass is 9.87. The van der Waals surface area contributed by atoms with Crippen LogP contribution in [0.15, 0.2) is 18.2 Å². The summed E-state index contributed by atoms with van der Waals surface area (Å²) in [7, 11) is 0. The summed E-state index contributed by atoms with van der Waals surface area (Å²) in [6.45, 7) is 2.94. The highest BCUT2D eigenvalue weighted by molar-refractivity contribution is 5.86. The summed E-state index contributed by atoms with van der Waals surface area (Å²) < 4.78 is 12.0. The Bertz CT molecular complexity index is 577. The molecule has 0 saturated carbocycles. The number of carbonyl (C=O) groups excluding carboxylic acids is 2. The molecule has 0 aromatic heterocycles. The molecule has 126 valence electrons. The zero-order valence-corrected chi connectivity index (χ0v) is 13.6. The fourth-order valence-electron chi connectivity index (χ4n) is 2.85. The van der Waals surface area contributed by atoms with Crippen LogP contribution in [0.5, 0.6) is 0 Å². The van der Waals surface area contributed by atoms with Gasteiger partial charge in [0.2, 0.25) is 5.91 Å². The molecule has 5 nitrogen and oxygen atoms in total. The molecule has 0 fully saturated rings. The Kier molecular flexibility index (Phi) is 5.96. The fraction of sp³-hybridized carbons (Fsp3) is 0.529. The highest BCUT2D eigenvalue weighted by atomic mass is 19.1. The second kappa shape index (κ2) is 7.94. The zero-order chi connectivity index (χ0) is 16.8. The van der Waals surface area contributed by atoms with Crippen LogP contribution >= 0.6 is 0 Å². The first-order valence-corrected chi connectivity index (χ1v) is 8.01. The van der Waals surface area contributed by atoms with Crippen molar-refractivity contribution in [3.05, 3.63) is 34.9 Å². The van der Waals surface area contributed by atoms with Gasteiger partial charge in [-0.2, -0.15) is 0 Å². The normalized spacial score (nSPS) is 17.8. The molecule has 0 unspecified atom stereocenters. The van der Waals surface area contributed by atoms with Gasteiger partial charge < -0.3 is 16.0 Å². The maximum atomic E-state index is 12.1. The quantitative estimate of drug-likeness (QED) is 0.778. The van der Waals surface area contributed by atoms with Crippen LogP contribution in [-0.4, -0.2) is 31.2 Å². The summed E-state index contributed by atoms with van der Waals surface area (Å²) in [5, 5.41) is 7.94. The number of amides is 3. The molecule has 0 spiro atoms. The molecule has 3 amide bonds. The monoisotopic (exact) mass is 321 g/mol. The van der Waals surface area contributed by atoms with Gasteiger partial charge in [0.25, 0.3) is 0 Å². The van der Waals surface area contributed by atoms with Crippen molar-refractivity contribution in [3.63, 3.8) is 0 Å². The van der Waals surface area contributed by atoms with Gasteiger partial charge in [-0.25, -0.2) is 9.18 Å². The van der Waals surface area contributed by atoms with Gasteiger partial charge in [-0.15, -0.1) is 0 Å². The molecule has 1 aromatic carbocycles. The van der Waals surface area contributed by atoms with Gasteiger partial charge in [0.15, 0.2) is 0 Å². The highest BCUT2D eigenvalue weighted by Crippen LogP contribution is 2.30. The van der Waals surface area contributed by atoms with Crippen molar-refractivity contribution in [2.24, 2.45) is 0 Å². The number of benzene rings is 1. The third-order valence-electron chi connectivity index (χ3n) is 4.06. The average Bonchev–Trinajstić information content (AvgIpc) is 2.53. The number of fused-ring (bicyclic) bond motifs is 1. The van der Waals surface area contributed by atoms with Crippen molar-refractivity contribution in [2.75, 3.05) is 13.2 Å². The molecular formula is C17H24FN3O2. The van der Waals surface area contributed by atoms with Crippen molar-refractivity contribution in [2.45, 2.75) is 45.2 Å². The maximum absolute atomic E-state index is 12.1. The summed E-state index contributed by atoms with van der Waals surface area (Å²) in [4.78, 5) is 23.8. The van der Waals surface area contributed by atoms with Gasteiger partial charge in [-0.05, 0) is 44.2 Å². The minimum atomic E-state index is -0.706. The van der Waals surface area contributed by atoms with E-state index in [1.165, 1.54) is 5.56 Å². The van der Waals surface area contributed by atoms with Crippen LogP contribution < -0.4 is 16.0 Å². The second-order valence-electron chi connectivity index (χ2n) is 5.97. The van der Waals surface area contributed by atoms with Crippen molar-refractivity contribution in [1.29, 1.82) is 0 Å². The van der Waals surface area contributed by atoms with Gasteiger partial charge in [0, 0.05) is 6.54 Å². The largest absolute Gasteiger partial charge is 0.352 e. The van der Waals surface area contributed by atoms with Crippen molar-refractivity contribution in [3.8, 4) is 0 Å². The van der Waals surface area contributed by atoms with E-state index < -0.39 is 18.6 Å². The zero-order valence-electron chi connectivity index (χ0n) is 13.6. The third kappa shape index (κ3) is 4.68. The van der Waals surface area contributed by atoms with Crippen molar-refractivity contribution in [1.82, 2.24) is 16.0 Å². The Balaban J connectivity index is 1.94. The topological polar surface area (TPSA) is 70.2 Å². The minimum Gasteiger partial charge on any atom is -0.352 e. The van der Waals surface area contributed by atoms with Crippen LogP contribution in [0, 0.1) is 6.92 Å². The minimum absolute atomic E-state index is 0.0399. The Morgan fingerprint density at radius 3 is 2.91 bits per heavy atom. The van der Waals surface area contributed by atoms with E-state index in [0.717, 1.165) is 30.4 Å². The molecule has 2 atom stereocenters. The molecule has 0 bridgehead atoms. The Morgan fingerprint density at radius 2 is 2.17 bits per heavy atom. The molecule has 23 heavy (non-hydrogen) atoms. The van der Waals surface area contributed by atoms with Crippen LogP contribution in [0.3, 0.4) is 0 Å². The maximum Gasteiger partial charge on any atom is 0.315 e. The van der Waals surface area contributed by atoms with Gasteiger partial charge in [0.05, 0.1) is 6.04 Å². The van der Waals surface area contributed by atoms with Gasteiger partial charge in [0.1, 0.15) is 12.7 Å². The number of carbonyl (C=O) groups is 2. The molecule has 1 aromatic rings. The molecular weight excluding hydrogens is 297 g/mol. The third-order valence-corrected chi connectivity index (χ3v) is 4.06. The summed E-state index contributed by atoms with van der Waals surface area (Å²) in [6, 6.07) is 5.17. The van der Waals surface area contributed by atoms with Crippen LogP contribution in [0.25, 0.3) is 0 Å². The lowest BCUT2D eigenvalue weighted by Gasteiger charge is -2.27. The number of hydrogen-bond donors (Lipinski definition) is 3. The Hall–Kier alpha value is -2.11. The second-order valence-corrected chi connectivity index (χ2v) is 5.97. The van der Waals surface area contributed by atoms with Crippen molar-refractivity contribution >= 4 is 11.9 Å². The number of nitrogens with one attached hydrogen (secondary N) is 3. The first-order chi connectivity index (χ1) is 11.0. The Morgan fingerprint density at radius 1 is 1.39 bits per heavy atom. The first-order valence-electron chi connectivity index (χ1n) is 8.01. The van der Waals surface area contributed by atoms with E-state index in [1.54, 1.807) is 6.92 Å². The lowest BCUT2D eigenvalue weighted by Crippen LogP contribution is -2.49. The SMILES string of the molecule is Cc1ccc2c(c1)[C@@H](NC(=O)N[C@@H](C)C(=O)NCCF)CCC2. The molecule has 6 heteroatoms. The molecule has 1 aliphatic rings. The molecule has 2 rings (SSSR count). The van der Waals surface area contributed by atoms with Gasteiger partial charge in [-0.3, -0.25) is 4.79 Å². The average molecular weight is 321 g/mol. The highest BCUT2D eigenvalue weighted by Gasteiger charge is 2.23. The molecule has 1 aliphatic carbocycles. The number of hydrogen-bond acceptors (Lipinski definition) is 2.